The Labute approximate surface area is 65.6 Å². The van der Waals surface area contributed by atoms with Gasteiger partial charge in [-0.1, -0.05) is 0 Å². The highest BCUT2D eigenvalue weighted by Gasteiger charge is 2.35. The number of rotatable bonds is 5. The molecule has 12 heavy (non-hydrogen) atoms. The summed E-state index contributed by atoms with van der Waals surface area (Å²) >= 11 is 0. The average Bonchev–Trinajstić information content (AvgIpc) is 2.02. The second kappa shape index (κ2) is 5.27. The topological polar surface area (TPSA) is 0 Å². The lowest BCUT2D eigenvalue weighted by molar-refractivity contribution is -0.0254. The van der Waals surface area contributed by atoms with E-state index in [1.54, 1.807) is 0 Å². The van der Waals surface area contributed by atoms with Crippen molar-refractivity contribution in [1.82, 2.24) is 0 Å². The summed E-state index contributed by atoms with van der Waals surface area (Å²) < 4.78 is 70.6. The molecule has 0 aliphatic carbocycles. The van der Waals surface area contributed by atoms with E-state index in [1.807, 2.05) is 0 Å². The van der Waals surface area contributed by atoms with E-state index in [2.05, 4.69) is 0 Å². The minimum absolute atomic E-state index is 0.895. The standard InChI is InChI=1S/C6H8F6/c7-2-1-3(8)4(9)5(10)6(11)12/h3-6H,1-2H2. The molecule has 0 bridgehead atoms. The summed E-state index contributed by atoms with van der Waals surface area (Å²) in [5.74, 6) is 0. The van der Waals surface area contributed by atoms with Gasteiger partial charge in [-0.05, 0) is 0 Å². The maximum atomic E-state index is 12.2. The summed E-state index contributed by atoms with van der Waals surface area (Å²) in [5, 5.41) is 0. The minimum Gasteiger partial charge on any atom is -0.251 e. The van der Waals surface area contributed by atoms with Gasteiger partial charge in [0.2, 0.25) is 0 Å². The van der Waals surface area contributed by atoms with Crippen LogP contribution < -0.4 is 0 Å². The molecule has 0 N–H and O–H groups in total. The molecule has 0 spiro atoms. The molecule has 0 aromatic carbocycles. The molecule has 6 heteroatoms. The molecule has 0 aliphatic rings. The van der Waals surface area contributed by atoms with Gasteiger partial charge in [0.25, 0.3) is 6.43 Å². The molecule has 3 atom stereocenters. The molecule has 0 saturated carbocycles. The normalized spacial score (nSPS) is 19.2. The van der Waals surface area contributed by atoms with E-state index in [1.165, 1.54) is 0 Å². The molecule has 0 nitrogen and oxygen atoms in total. The molecule has 0 amide bonds. The Kier molecular flexibility index (Phi) is 5.08. The van der Waals surface area contributed by atoms with Gasteiger partial charge in [-0.15, -0.1) is 0 Å². The monoisotopic (exact) mass is 194 g/mol. The third-order valence-electron chi connectivity index (χ3n) is 1.28. The summed E-state index contributed by atoms with van der Waals surface area (Å²) in [5.41, 5.74) is 0. The predicted molar refractivity (Wildman–Crippen MR) is 31.3 cm³/mol. The number of halogens is 6. The SMILES string of the molecule is FCCC(F)C(F)C(F)C(F)F. The van der Waals surface area contributed by atoms with Crippen molar-refractivity contribution in [3.05, 3.63) is 0 Å². The molecule has 0 rings (SSSR count). The summed E-state index contributed by atoms with van der Waals surface area (Å²) in [6, 6.07) is 0. The van der Waals surface area contributed by atoms with Crippen LogP contribution in [0.2, 0.25) is 0 Å². The van der Waals surface area contributed by atoms with Crippen molar-refractivity contribution in [2.75, 3.05) is 6.67 Å². The van der Waals surface area contributed by atoms with Crippen LogP contribution in [0.25, 0.3) is 0 Å². The largest absolute Gasteiger partial charge is 0.272 e. The van der Waals surface area contributed by atoms with E-state index >= 15 is 0 Å². The van der Waals surface area contributed by atoms with E-state index < -0.39 is 38.0 Å². The van der Waals surface area contributed by atoms with Crippen LogP contribution in [0, 0.1) is 0 Å². The molecular formula is C6H8F6. The summed E-state index contributed by atoms with van der Waals surface area (Å²) in [7, 11) is 0. The molecule has 0 saturated heterocycles. The van der Waals surface area contributed by atoms with Gasteiger partial charge >= 0.3 is 0 Å². The highest BCUT2D eigenvalue weighted by atomic mass is 19.3. The first-order valence-electron chi connectivity index (χ1n) is 3.27. The van der Waals surface area contributed by atoms with E-state index in [9.17, 15) is 26.3 Å². The van der Waals surface area contributed by atoms with Crippen LogP contribution in [0.1, 0.15) is 6.42 Å². The van der Waals surface area contributed by atoms with Gasteiger partial charge in [-0.3, -0.25) is 4.39 Å². The first-order valence-corrected chi connectivity index (χ1v) is 3.27. The van der Waals surface area contributed by atoms with E-state index in [-0.39, 0.29) is 0 Å². The second-order valence-electron chi connectivity index (χ2n) is 2.22. The van der Waals surface area contributed by atoms with Crippen LogP contribution in [0.3, 0.4) is 0 Å². The molecule has 0 aromatic rings. The molecule has 0 aromatic heterocycles. The van der Waals surface area contributed by atoms with Gasteiger partial charge in [-0.2, -0.15) is 0 Å². The van der Waals surface area contributed by atoms with Crippen LogP contribution in [-0.4, -0.2) is 31.6 Å². The zero-order chi connectivity index (χ0) is 9.72. The van der Waals surface area contributed by atoms with Crippen molar-refractivity contribution in [2.24, 2.45) is 0 Å². The molecule has 0 radical (unpaired) electrons. The van der Waals surface area contributed by atoms with Gasteiger partial charge in [-0.25, -0.2) is 22.0 Å². The van der Waals surface area contributed by atoms with Crippen molar-refractivity contribution in [1.29, 1.82) is 0 Å². The van der Waals surface area contributed by atoms with E-state index in [0.717, 1.165) is 0 Å². The summed E-state index contributed by atoms with van der Waals surface area (Å²) in [4.78, 5) is 0. The Balaban J connectivity index is 3.90. The Morgan fingerprint density at radius 3 is 1.67 bits per heavy atom. The Morgan fingerprint density at radius 2 is 1.33 bits per heavy atom. The molecule has 0 heterocycles. The molecule has 0 aliphatic heterocycles. The molecule has 74 valence electrons. The third-order valence-corrected chi connectivity index (χ3v) is 1.28. The van der Waals surface area contributed by atoms with Gasteiger partial charge in [0.1, 0.15) is 6.17 Å². The van der Waals surface area contributed by atoms with Crippen LogP contribution in [0.5, 0.6) is 0 Å². The lowest BCUT2D eigenvalue weighted by Crippen LogP contribution is -2.33. The quantitative estimate of drug-likeness (QED) is 0.590. The highest BCUT2D eigenvalue weighted by molar-refractivity contribution is 4.77. The van der Waals surface area contributed by atoms with Crippen molar-refractivity contribution in [3.63, 3.8) is 0 Å². The number of hydrogen-bond acceptors (Lipinski definition) is 0. The van der Waals surface area contributed by atoms with Crippen molar-refractivity contribution in [3.8, 4) is 0 Å². The fourth-order valence-corrected chi connectivity index (χ4v) is 0.602. The second-order valence-corrected chi connectivity index (χ2v) is 2.22. The predicted octanol–water partition coefficient (Wildman–Crippen LogP) is 2.63. The Bertz CT molecular complexity index is 117. The van der Waals surface area contributed by atoms with E-state index in [4.69, 9.17) is 0 Å². The zero-order valence-electron chi connectivity index (χ0n) is 5.99. The third kappa shape index (κ3) is 3.32. The van der Waals surface area contributed by atoms with E-state index in [0.29, 0.717) is 0 Å². The van der Waals surface area contributed by atoms with Crippen LogP contribution in [0.4, 0.5) is 26.3 Å². The summed E-state index contributed by atoms with van der Waals surface area (Å²) in [6.45, 7) is -1.20. The first kappa shape index (κ1) is 11.6. The van der Waals surface area contributed by atoms with Gasteiger partial charge in [0, 0.05) is 6.42 Å². The maximum Gasteiger partial charge on any atom is 0.272 e. The first-order chi connectivity index (χ1) is 5.50. The minimum atomic E-state index is -3.57. The maximum absolute atomic E-state index is 12.2. The molecular weight excluding hydrogens is 186 g/mol. The fourth-order valence-electron chi connectivity index (χ4n) is 0.602. The fraction of sp³-hybridized carbons (Fsp3) is 1.00. The zero-order valence-corrected chi connectivity index (χ0v) is 5.99. The van der Waals surface area contributed by atoms with Crippen molar-refractivity contribution < 1.29 is 26.3 Å². The average molecular weight is 194 g/mol. The Hall–Kier alpha value is -0.420. The summed E-state index contributed by atoms with van der Waals surface area (Å²) in [6.07, 6.45) is -13.1. The van der Waals surface area contributed by atoms with Gasteiger partial charge in [0.15, 0.2) is 12.3 Å². The van der Waals surface area contributed by atoms with Crippen LogP contribution in [0.15, 0.2) is 0 Å². The lowest BCUT2D eigenvalue weighted by atomic mass is 10.1. The number of alkyl halides is 6. The van der Waals surface area contributed by atoms with Crippen LogP contribution in [-0.2, 0) is 0 Å². The molecule has 3 unspecified atom stereocenters. The van der Waals surface area contributed by atoms with Crippen molar-refractivity contribution >= 4 is 0 Å². The smallest absolute Gasteiger partial charge is 0.251 e. The van der Waals surface area contributed by atoms with Gasteiger partial charge < -0.3 is 0 Å². The van der Waals surface area contributed by atoms with Gasteiger partial charge in [0.05, 0.1) is 6.67 Å². The van der Waals surface area contributed by atoms with Crippen LogP contribution >= 0.6 is 0 Å². The highest BCUT2D eigenvalue weighted by Crippen LogP contribution is 2.20. The lowest BCUT2D eigenvalue weighted by Gasteiger charge is -2.15. The molecule has 0 fully saturated rings. The Morgan fingerprint density at radius 1 is 0.833 bits per heavy atom. The van der Waals surface area contributed by atoms with Crippen molar-refractivity contribution in [2.45, 2.75) is 31.4 Å². The number of hydrogen-bond donors (Lipinski definition) is 0.